The molecule has 1 amide bonds. The lowest BCUT2D eigenvalue weighted by Crippen LogP contribution is -2.28. The van der Waals surface area contributed by atoms with Crippen LogP contribution in [0, 0.1) is 0 Å². The molecule has 2 rings (SSSR count). The number of aromatic nitrogens is 2. The Morgan fingerprint density at radius 1 is 1.50 bits per heavy atom. The molecule has 0 bridgehead atoms. The third-order valence-electron chi connectivity index (χ3n) is 2.98. The van der Waals surface area contributed by atoms with Crippen LogP contribution >= 0.6 is 27.5 Å². The van der Waals surface area contributed by atoms with Gasteiger partial charge in [-0.1, -0.05) is 22.9 Å². The highest BCUT2D eigenvalue weighted by atomic mass is 79.9. The molecule has 4 nitrogen and oxygen atoms in total. The van der Waals surface area contributed by atoms with Crippen LogP contribution < -0.4 is 5.32 Å². The Labute approximate surface area is 131 Å². The van der Waals surface area contributed by atoms with E-state index in [2.05, 4.69) is 26.2 Å². The van der Waals surface area contributed by atoms with E-state index in [9.17, 15) is 4.79 Å². The van der Waals surface area contributed by atoms with Gasteiger partial charge >= 0.3 is 0 Å². The van der Waals surface area contributed by atoms with E-state index in [-0.39, 0.29) is 12.5 Å². The van der Waals surface area contributed by atoms with Crippen LogP contribution in [-0.2, 0) is 17.8 Å². The molecular weight excluding hydrogens is 342 g/mol. The molecule has 0 unspecified atom stereocenters. The molecule has 0 saturated heterocycles. The minimum Gasteiger partial charge on any atom is -0.355 e. The molecule has 0 radical (unpaired) electrons. The van der Waals surface area contributed by atoms with Gasteiger partial charge in [0.15, 0.2) is 0 Å². The Hall–Kier alpha value is -1.07. The van der Waals surface area contributed by atoms with E-state index in [1.807, 2.05) is 29.7 Å². The molecule has 2 aromatic rings. The van der Waals surface area contributed by atoms with Crippen molar-refractivity contribution >= 4 is 44.5 Å². The minimum absolute atomic E-state index is 0.00453. The maximum absolute atomic E-state index is 11.9. The molecule has 1 N–H and O–H groups in total. The number of hydrogen-bond donors (Lipinski definition) is 1. The van der Waals surface area contributed by atoms with Gasteiger partial charge in [-0.25, -0.2) is 4.98 Å². The van der Waals surface area contributed by atoms with Crippen LogP contribution in [0.4, 0.5) is 0 Å². The number of carbonyl (C=O) groups is 1. The number of nitrogens with one attached hydrogen (secondary N) is 1. The van der Waals surface area contributed by atoms with Crippen molar-refractivity contribution in [2.45, 2.75) is 26.3 Å². The molecule has 0 aliphatic heterocycles. The molecular formula is C14H17BrClN3O. The van der Waals surface area contributed by atoms with Crippen molar-refractivity contribution in [2.75, 3.05) is 12.4 Å². The van der Waals surface area contributed by atoms with E-state index < -0.39 is 0 Å². The molecule has 1 aromatic heterocycles. The van der Waals surface area contributed by atoms with Crippen LogP contribution in [-0.4, -0.2) is 27.9 Å². The molecule has 108 valence electrons. The fourth-order valence-electron chi connectivity index (χ4n) is 2.07. The maximum Gasteiger partial charge on any atom is 0.240 e. The fraction of sp³-hybridized carbons (Fsp3) is 0.429. The highest BCUT2D eigenvalue weighted by molar-refractivity contribution is 9.10. The number of amides is 1. The Bertz CT molecular complexity index is 612. The zero-order valence-electron chi connectivity index (χ0n) is 11.3. The molecule has 0 atom stereocenters. The summed E-state index contributed by atoms with van der Waals surface area (Å²) in [6.07, 6.45) is 1.58. The van der Waals surface area contributed by atoms with Gasteiger partial charge in [0.1, 0.15) is 12.4 Å². The molecule has 1 heterocycles. The van der Waals surface area contributed by atoms with E-state index in [1.54, 1.807) is 0 Å². The first-order chi connectivity index (χ1) is 9.65. The van der Waals surface area contributed by atoms with Crippen LogP contribution in [0.1, 0.15) is 19.2 Å². The summed E-state index contributed by atoms with van der Waals surface area (Å²) in [4.78, 5) is 16.5. The number of alkyl halides is 1. The highest BCUT2D eigenvalue weighted by Crippen LogP contribution is 2.21. The third kappa shape index (κ3) is 3.52. The van der Waals surface area contributed by atoms with Crippen molar-refractivity contribution in [3.8, 4) is 0 Å². The Morgan fingerprint density at radius 2 is 2.30 bits per heavy atom. The average Bonchev–Trinajstić information content (AvgIpc) is 2.74. The standard InChI is InChI=1S/C14H17BrClN3O/c1-2-7-17-14(20)9-19-12-4-3-10(15)8-11(12)18-13(19)5-6-16/h3-4,8H,2,5-7,9H2,1H3,(H,17,20). The summed E-state index contributed by atoms with van der Waals surface area (Å²) in [5.41, 5.74) is 1.84. The van der Waals surface area contributed by atoms with E-state index in [1.165, 1.54) is 0 Å². The van der Waals surface area contributed by atoms with E-state index >= 15 is 0 Å². The molecule has 0 spiro atoms. The van der Waals surface area contributed by atoms with Gasteiger partial charge in [0.05, 0.1) is 11.0 Å². The van der Waals surface area contributed by atoms with Gasteiger partial charge in [0.2, 0.25) is 5.91 Å². The van der Waals surface area contributed by atoms with E-state index in [0.717, 1.165) is 27.8 Å². The van der Waals surface area contributed by atoms with Gasteiger partial charge < -0.3 is 9.88 Å². The maximum atomic E-state index is 11.9. The van der Waals surface area contributed by atoms with Crippen molar-refractivity contribution in [3.05, 3.63) is 28.5 Å². The summed E-state index contributed by atoms with van der Waals surface area (Å²) in [6.45, 7) is 3.01. The molecule has 1 aromatic carbocycles. The molecule has 20 heavy (non-hydrogen) atoms. The number of imidazole rings is 1. The fourth-order valence-corrected chi connectivity index (χ4v) is 2.59. The van der Waals surface area contributed by atoms with Gasteiger partial charge in [0.25, 0.3) is 0 Å². The number of halogens is 2. The number of carbonyl (C=O) groups excluding carboxylic acids is 1. The molecule has 6 heteroatoms. The summed E-state index contributed by atoms with van der Waals surface area (Å²) in [7, 11) is 0. The zero-order valence-corrected chi connectivity index (χ0v) is 13.7. The SMILES string of the molecule is CCCNC(=O)Cn1c(CCCl)nc2cc(Br)ccc21. The largest absolute Gasteiger partial charge is 0.355 e. The lowest BCUT2D eigenvalue weighted by atomic mass is 10.3. The van der Waals surface area contributed by atoms with Gasteiger partial charge in [-0.3, -0.25) is 4.79 Å². The summed E-state index contributed by atoms with van der Waals surface area (Å²) in [6, 6.07) is 5.87. The number of hydrogen-bond acceptors (Lipinski definition) is 2. The Kier molecular flexibility index (Phi) is 5.43. The first-order valence-electron chi connectivity index (χ1n) is 6.63. The van der Waals surface area contributed by atoms with Gasteiger partial charge in [-0.15, -0.1) is 11.6 Å². The van der Waals surface area contributed by atoms with Crippen LogP contribution in [0.5, 0.6) is 0 Å². The van der Waals surface area contributed by atoms with Gasteiger partial charge in [-0.05, 0) is 24.6 Å². The lowest BCUT2D eigenvalue weighted by molar-refractivity contribution is -0.121. The predicted octanol–water partition coefficient (Wildman–Crippen LogP) is 3.11. The summed E-state index contributed by atoms with van der Waals surface area (Å²) in [5.74, 6) is 1.34. The van der Waals surface area contributed by atoms with Crippen molar-refractivity contribution in [1.82, 2.24) is 14.9 Å². The molecule has 0 aliphatic carbocycles. The normalized spacial score (nSPS) is 10.9. The molecule has 0 aliphatic rings. The van der Waals surface area contributed by atoms with E-state index in [0.29, 0.717) is 18.8 Å². The topological polar surface area (TPSA) is 46.9 Å². The number of fused-ring (bicyclic) bond motifs is 1. The van der Waals surface area contributed by atoms with E-state index in [4.69, 9.17) is 11.6 Å². The van der Waals surface area contributed by atoms with Crippen molar-refractivity contribution in [3.63, 3.8) is 0 Å². The quantitative estimate of drug-likeness (QED) is 0.807. The molecule has 0 fully saturated rings. The monoisotopic (exact) mass is 357 g/mol. The number of nitrogens with zero attached hydrogens (tertiary/aromatic N) is 2. The molecule has 0 saturated carbocycles. The second-order valence-corrected chi connectivity index (χ2v) is 5.83. The van der Waals surface area contributed by atoms with Gasteiger partial charge in [0, 0.05) is 23.3 Å². The summed E-state index contributed by atoms with van der Waals surface area (Å²) >= 11 is 9.26. The van der Waals surface area contributed by atoms with Crippen LogP contribution in [0.3, 0.4) is 0 Å². The Balaban J connectivity index is 2.33. The first kappa shape index (κ1) is 15.3. The second kappa shape index (κ2) is 7.09. The number of benzene rings is 1. The average molecular weight is 359 g/mol. The van der Waals surface area contributed by atoms with Crippen LogP contribution in [0.15, 0.2) is 22.7 Å². The summed E-state index contributed by atoms with van der Waals surface area (Å²) in [5, 5.41) is 2.89. The summed E-state index contributed by atoms with van der Waals surface area (Å²) < 4.78 is 2.91. The third-order valence-corrected chi connectivity index (χ3v) is 3.66. The van der Waals surface area contributed by atoms with Crippen LogP contribution in [0.25, 0.3) is 11.0 Å². The first-order valence-corrected chi connectivity index (χ1v) is 7.95. The number of aryl methyl sites for hydroxylation is 1. The van der Waals surface area contributed by atoms with Crippen molar-refractivity contribution in [2.24, 2.45) is 0 Å². The van der Waals surface area contributed by atoms with Crippen molar-refractivity contribution < 1.29 is 4.79 Å². The Morgan fingerprint density at radius 3 is 3.00 bits per heavy atom. The second-order valence-electron chi connectivity index (χ2n) is 4.54. The smallest absolute Gasteiger partial charge is 0.240 e. The highest BCUT2D eigenvalue weighted by Gasteiger charge is 2.13. The van der Waals surface area contributed by atoms with Crippen LogP contribution in [0.2, 0.25) is 0 Å². The predicted molar refractivity (Wildman–Crippen MR) is 85.2 cm³/mol. The minimum atomic E-state index is 0.00453. The number of rotatable bonds is 6. The lowest BCUT2D eigenvalue weighted by Gasteiger charge is -2.09. The van der Waals surface area contributed by atoms with Crippen molar-refractivity contribution in [1.29, 1.82) is 0 Å². The van der Waals surface area contributed by atoms with Gasteiger partial charge in [-0.2, -0.15) is 0 Å². The zero-order chi connectivity index (χ0) is 14.5.